The fourth-order valence-electron chi connectivity index (χ4n) is 1.41. The number of nitrogens with zero attached hydrogens (tertiary/aromatic N) is 1. The molecule has 0 aliphatic carbocycles. The lowest BCUT2D eigenvalue weighted by atomic mass is 10.2. The van der Waals surface area contributed by atoms with E-state index in [1.807, 2.05) is 25.1 Å². The van der Waals surface area contributed by atoms with Crippen molar-refractivity contribution in [2.75, 3.05) is 5.32 Å². The molecule has 0 bridgehead atoms. The van der Waals surface area contributed by atoms with Crippen LogP contribution >= 0.6 is 15.9 Å². The van der Waals surface area contributed by atoms with E-state index in [1.54, 1.807) is 24.4 Å². The van der Waals surface area contributed by atoms with Crippen LogP contribution in [0.15, 0.2) is 47.1 Å². The molecule has 0 saturated carbocycles. The molecule has 0 spiro atoms. The number of pyridine rings is 1. The Morgan fingerprint density at radius 3 is 2.59 bits per heavy atom. The lowest BCUT2D eigenvalue weighted by molar-refractivity contribution is 0.102. The first-order valence-electron chi connectivity index (χ1n) is 5.15. The highest BCUT2D eigenvalue weighted by atomic mass is 79.9. The number of carbonyl (C=O) groups excluding carboxylic acids is 1. The summed E-state index contributed by atoms with van der Waals surface area (Å²) in [6.45, 7) is 1.86. The third-order valence-electron chi connectivity index (χ3n) is 2.36. The fraction of sp³-hybridized carbons (Fsp3) is 0.0769. The number of carbonyl (C=O) groups is 1. The Morgan fingerprint density at radius 2 is 1.94 bits per heavy atom. The van der Waals surface area contributed by atoms with Gasteiger partial charge in [-0.3, -0.25) is 9.78 Å². The van der Waals surface area contributed by atoms with Crippen LogP contribution in [0.2, 0.25) is 0 Å². The molecular formula is C13H11BrN2O. The molecule has 1 aromatic heterocycles. The SMILES string of the molecule is Cc1ncccc1NC(=O)c1ccc(Br)cc1. The second-order valence-corrected chi connectivity index (χ2v) is 4.51. The van der Waals surface area contributed by atoms with Gasteiger partial charge in [0.25, 0.3) is 5.91 Å². The molecule has 0 saturated heterocycles. The summed E-state index contributed by atoms with van der Waals surface area (Å²) in [5.74, 6) is -0.131. The van der Waals surface area contributed by atoms with E-state index in [4.69, 9.17) is 0 Å². The number of anilines is 1. The zero-order valence-corrected chi connectivity index (χ0v) is 10.9. The van der Waals surface area contributed by atoms with Crippen LogP contribution in [0.4, 0.5) is 5.69 Å². The number of halogens is 1. The summed E-state index contributed by atoms with van der Waals surface area (Å²) >= 11 is 3.33. The number of aryl methyl sites for hydroxylation is 1. The van der Waals surface area contributed by atoms with E-state index in [-0.39, 0.29) is 5.91 Å². The van der Waals surface area contributed by atoms with E-state index in [0.29, 0.717) is 5.56 Å². The number of rotatable bonds is 2. The average Bonchev–Trinajstić information content (AvgIpc) is 2.33. The normalized spacial score (nSPS) is 10.0. The molecule has 2 aromatic rings. The molecule has 0 aliphatic rings. The van der Waals surface area contributed by atoms with E-state index in [1.165, 1.54) is 0 Å². The first-order chi connectivity index (χ1) is 8.16. The zero-order valence-electron chi connectivity index (χ0n) is 9.27. The van der Waals surface area contributed by atoms with Gasteiger partial charge in [0.2, 0.25) is 0 Å². The minimum absolute atomic E-state index is 0.131. The van der Waals surface area contributed by atoms with Crippen molar-refractivity contribution >= 4 is 27.5 Å². The molecule has 1 aromatic carbocycles. The molecule has 3 nitrogen and oxygen atoms in total. The van der Waals surface area contributed by atoms with Gasteiger partial charge >= 0.3 is 0 Å². The predicted molar refractivity (Wildman–Crippen MR) is 71.1 cm³/mol. The molecule has 2 rings (SSSR count). The van der Waals surface area contributed by atoms with Crippen molar-refractivity contribution in [3.8, 4) is 0 Å². The summed E-state index contributed by atoms with van der Waals surface area (Å²) in [7, 11) is 0. The number of amides is 1. The van der Waals surface area contributed by atoms with Crippen molar-refractivity contribution in [2.45, 2.75) is 6.92 Å². The highest BCUT2D eigenvalue weighted by molar-refractivity contribution is 9.10. The third kappa shape index (κ3) is 2.91. The fourth-order valence-corrected chi connectivity index (χ4v) is 1.68. The second kappa shape index (κ2) is 5.10. The first-order valence-corrected chi connectivity index (χ1v) is 5.94. The van der Waals surface area contributed by atoms with Crippen LogP contribution in [0.5, 0.6) is 0 Å². The summed E-state index contributed by atoms with van der Waals surface area (Å²) in [4.78, 5) is 16.0. The minimum Gasteiger partial charge on any atom is -0.320 e. The molecule has 0 radical (unpaired) electrons. The Morgan fingerprint density at radius 1 is 1.24 bits per heavy atom. The van der Waals surface area contributed by atoms with Crippen molar-refractivity contribution in [3.63, 3.8) is 0 Å². The van der Waals surface area contributed by atoms with Gasteiger partial charge in [-0.05, 0) is 43.3 Å². The van der Waals surface area contributed by atoms with E-state index in [0.717, 1.165) is 15.9 Å². The minimum atomic E-state index is -0.131. The van der Waals surface area contributed by atoms with Crippen molar-refractivity contribution in [3.05, 3.63) is 58.3 Å². The summed E-state index contributed by atoms with van der Waals surface area (Å²) in [6.07, 6.45) is 1.70. The quantitative estimate of drug-likeness (QED) is 0.921. The van der Waals surface area contributed by atoms with Crippen LogP contribution in [0.25, 0.3) is 0 Å². The number of benzene rings is 1. The molecule has 1 N–H and O–H groups in total. The van der Waals surface area contributed by atoms with Gasteiger partial charge in [0.1, 0.15) is 0 Å². The van der Waals surface area contributed by atoms with Crippen LogP contribution in [0.3, 0.4) is 0 Å². The van der Waals surface area contributed by atoms with Crippen molar-refractivity contribution < 1.29 is 4.79 Å². The monoisotopic (exact) mass is 290 g/mol. The highest BCUT2D eigenvalue weighted by Crippen LogP contribution is 2.14. The molecule has 0 aliphatic heterocycles. The Labute approximate surface area is 108 Å². The average molecular weight is 291 g/mol. The van der Waals surface area contributed by atoms with E-state index < -0.39 is 0 Å². The maximum absolute atomic E-state index is 11.9. The van der Waals surface area contributed by atoms with Gasteiger partial charge < -0.3 is 5.32 Å². The van der Waals surface area contributed by atoms with Gasteiger partial charge in [0.05, 0.1) is 11.4 Å². The van der Waals surface area contributed by atoms with Gasteiger partial charge in [-0.25, -0.2) is 0 Å². The van der Waals surface area contributed by atoms with Gasteiger partial charge in [-0.2, -0.15) is 0 Å². The summed E-state index contributed by atoms with van der Waals surface area (Å²) in [5, 5.41) is 2.83. The smallest absolute Gasteiger partial charge is 0.255 e. The standard InChI is InChI=1S/C13H11BrN2O/c1-9-12(3-2-8-15-9)16-13(17)10-4-6-11(14)7-5-10/h2-8H,1H3,(H,16,17). The van der Waals surface area contributed by atoms with Gasteiger partial charge in [0, 0.05) is 16.2 Å². The Balaban J connectivity index is 2.17. The van der Waals surface area contributed by atoms with Crippen LogP contribution in [-0.4, -0.2) is 10.9 Å². The summed E-state index contributed by atoms with van der Waals surface area (Å²) < 4.78 is 0.951. The highest BCUT2D eigenvalue weighted by Gasteiger charge is 2.07. The van der Waals surface area contributed by atoms with Gasteiger partial charge in [0.15, 0.2) is 0 Å². The summed E-state index contributed by atoms with van der Waals surface area (Å²) in [6, 6.07) is 10.8. The van der Waals surface area contributed by atoms with E-state index in [9.17, 15) is 4.79 Å². The molecule has 1 amide bonds. The van der Waals surface area contributed by atoms with Gasteiger partial charge in [-0.15, -0.1) is 0 Å². The Kier molecular flexibility index (Phi) is 3.54. The third-order valence-corrected chi connectivity index (χ3v) is 2.89. The topological polar surface area (TPSA) is 42.0 Å². The van der Waals surface area contributed by atoms with E-state index in [2.05, 4.69) is 26.2 Å². The van der Waals surface area contributed by atoms with Crippen LogP contribution in [0.1, 0.15) is 16.1 Å². The molecule has 0 unspecified atom stereocenters. The molecule has 86 valence electrons. The molecule has 0 atom stereocenters. The Bertz CT molecular complexity index is 537. The molecule has 1 heterocycles. The number of nitrogens with one attached hydrogen (secondary N) is 1. The van der Waals surface area contributed by atoms with Crippen LogP contribution < -0.4 is 5.32 Å². The van der Waals surface area contributed by atoms with Crippen LogP contribution in [0, 0.1) is 6.92 Å². The van der Waals surface area contributed by atoms with Crippen LogP contribution in [-0.2, 0) is 0 Å². The predicted octanol–water partition coefficient (Wildman–Crippen LogP) is 3.40. The zero-order chi connectivity index (χ0) is 12.3. The number of aromatic nitrogens is 1. The molecule has 4 heteroatoms. The maximum Gasteiger partial charge on any atom is 0.255 e. The summed E-state index contributed by atoms with van der Waals surface area (Å²) in [5.41, 5.74) is 2.16. The molecule has 17 heavy (non-hydrogen) atoms. The number of hydrogen-bond donors (Lipinski definition) is 1. The maximum atomic E-state index is 11.9. The van der Waals surface area contributed by atoms with E-state index >= 15 is 0 Å². The first kappa shape index (κ1) is 11.8. The Hall–Kier alpha value is -1.68. The molecular weight excluding hydrogens is 280 g/mol. The molecule has 0 fully saturated rings. The number of hydrogen-bond acceptors (Lipinski definition) is 2. The van der Waals surface area contributed by atoms with Crippen molar-refractivity contribution in [1.29, 1.82) is 0 Å². The lowest BCUT2D eigenvalue weighted by Gasteiger charge is -2.07. The largest absolute Gasteiger partial charge is 0.320 e. The lowest BCUT2D eigenvalue weighted by Crippen LogP contribution is -2.12. The van der Waals surface area contributed by atoms with Crippen molar-refractivity contribution in [1.82, 2.24) is 4.98 Å². The second-order valence-electron chi connectivity index (χ2n) is 3.60. The van der Waals surface area contributed by atoms with Crippen molar-refractivity contribution in [2.24, 2.45) is 0 Å². The van der Waals surface area contributed by atoms with Gasteiger partial charge in [-0.1, -0.05) is 15.9 Å².